The summed E-state index contributed by atoms with van der Waals surface area (Å²) in [6.07, 6.45) is 0. The molecule has 2 aromatic heterocycles. The van der Waals surface area contributed by atoms with Gasteiger partial charge in [0, 0.05) is 17.2 Å². The molecule has 0 atom stereocenters. The van der Waals surface area contributed by atoms with Crippen LogP contribution in [0.2, 0.25) is 0 Å². The van der Waals surface area contributed by atoms with Crippen LogP contribution in [0.25, 0.3) is 4.96 Å². The van der Waals surface area contributed by atoms with Crippen molar-refractivity contribution < 1.29 is 14.3 Å². The number of rotatable bonds is 4. The summed E-state index contributed by atoms with van der Waals surface area (Å²) in [6, 6.07) is 5.21. The van der Waals surface area contributed by atoms with E-state index in [0.717, 1.165) is 0 Å². The minimum absolute atomic E-state index is 0.141. The molecule has 0 bridgehead atoms. The van der Waals surface area contributed by atoms with Crippen molar-refractivity contribution in [2.45, 2.75) is 30.5 Å². The van der Waals surface area contributed by atoms with E-state index < -0.39 is 5.41 Å². The predicted octanol–water partition coefficient (Wildman–Crippen LogP) is 2.30. The molecule has 1 aliphatic heterocycles. The summed E-state index contributed by atoms with van der Waals surface area (Å²) in [7, 11) is 0. The van der Waals surface area contributed by atoms with Crippen LogP contribution in [0.5, 0.6) is 11.5 Å². The van der Waals surface area contributed by atoms with Crippen LogP contribution in [0.4, 0.5) is 5.69 Å². The Hall–Kier alpha value is -2.66. The largest absolute Gasteiger partial charge is 0.454 e. The number of hydrogen-bond acceptors (Lipinski definition) is 9. The zero-order chi connectivity index (χ0) is 19.9. The molecule has 1 N–H and O–H groups in total. The number of nitrogens with one attached hydrogen (secondary N) is 1. The van der Waals surface area contributed by atoms with Gasteiger partial charge in [-0.25, -0.2) is 0 Å². The Labute approximate surface area is 168 Å². The first-order valence-electron chi connectivity index (χ1n) is 8.40. The maximum Gasteiger partial charge on any atom is 0.297 e. The van der Waals surface area contributed by atoms with Crippen LogP contribution in [-0.2, 0) is 10.2 Å². The van der Waals surface area contributed by atoms with E-state index in [-0.39, 0.29) is 24.0 Å². The molecule has 4 rings (SSSR count). The fourth-order valence-corrected chi connectivity index (χ4v) is 4.20. The second-order valence-corrected chi connectivity index (χ2v) is 9.25. The Balaban J connectivity index is 1.44. The van der Waals surface area contributed by atoms with E-state index in [1.807, 2.05) is 20.8 Å². The zero-order valence-corrected chi connectivity index (χ0v) is 17.0. The van der Waals surface area contributed by atoms with Crippen molar-refractivity contribution in [2.24, 2.45) is 0 Å². The molecule has 0 fully saturated rings. The number of hydrogen-bond donors (Lipinski definition) is 1. The number of aromatic nitrogens is 4. The first-order chi connectivity index (χ1) is 13.3. The fraction of sp³-hybridized carbons (Fsp3) is 0.353. The van der Waals surface area contributed by atoms with Gasteiger partial charge in [-0.2, -0.15) is 4.52 Å². The van der Waals surface area contributed by atoms with E-state index in [0.29, 0.717) is 32.2 Å². The van der Waals surface area contributed by atoms with E-state index in [2.05, 4.69) is 20.6 Å². The van der Waals surface area contributed by atoms with Crippen LogP contribution < -0.4 is 20.3 Å². The number of ether oxygens (including phenoxy) is 2. The molecule has 3 aromatic rings. The van der Waals surface area contributed by atoms with E-state index in [1.54, 1.807) is 18.2 Å². The van der Waals surface area contributed by atoms with Crippen LogP contribution >= 0.6 is 23.1 Å². The molecule has 28 heavy (non-hydrogen) atoms. The summed E-state index contributed by atoms with van der Waals surface area (Å²) in [5.74, 6) is 1.20. The molecule has 146 valence electrons. The highest BCUT2D eigenvalue weighted by Gasteiger charge is 2.23. The van der Waals surface area contributed by atoms with E-state index in [9.17, 15) is 9.59 Å². The summed E-state index contributed by atoms with van der Waals surface area (Å²) in [6.45, 7) is 5.87. The fourth-order valence-electron chi connectivity index (χ4n) is 2.52. The van der Waals surface area contributed by atoms with Crippen molar-refractivity contribution in [3.63, 3.8) is 0 Å². The summed E-state index contributed by atoms with van der Waals surface area (Å²) in [5, 5.41) is 15.2. The van der Waals surface area contributed by atoms with Crippen molar-refractivity contribution in [2.75, 3.05) is 17.9 Å². The van der Waals surface area contributed by atoms with E-state index in [1.165, 1.54) is 27.6 Å². The normalized spacial score (nSPS) is 13.1. The third-order valence-electron chi connectivity index (χ3n) is 3.87. The Morgan fingerprint density at radius 3 is 2.86 bits per heavy atom. The molecule has 0 saturated heterocycles. The predicted molar refractivity (Wildman–Crippen MR) is 106 cm³/mol. The second kappa shape index (κ2) is 7.06. The van der Waals surface area contributed by atoms with E-state index >= 15 is 0 Å². The summed E-state index contributed by atoms with van der Waals surface area (Å²) >= 11 is 2.45. The number of thioether (sulfide) groups is 1. The summed E-state index contributed by atoms with van der Waals surface area (Å²) in [4.78, 5) is 25.2. The molecule has 1 amide bonds. The minimum Gasteiger partial charge on any atom is -0.454 e. The van der Waals surface area contributed by atoms with Crippen LogP contribution in [0.15, 0.2) is 27.3 Å². The molecule has 0 unspecified atom stereocenters. The Kier molecular flexibility index (Phi) is 4.71. The molecular formula is C17H17N5O4S2. The first-order valence-corrected chi connectivity index (χ1v) is 10.2. The van der Waals surface area contributed by atoms with Crippen molar-refractivity contribution >= 4 is 39.7 Å². The highest BCUT2D eigenvalue weighted by atomic mass is 32.2. The Morgan fingerprint density at radius 1 is 1.29 bits per heavy atom. The van der Waals surface area contributed by atoms with Gasteiger partial charge < -0.3 is 14.8 Å². The molecule has 11 heteroatoms. The van der Waals surface area contributed by atoms with Crippen LogP contribution in [0.1, 0.15) is 26.5 Å². The number of benzene rings is 1. The van der Waals surface area contributed by atoms with Gasteiger partial charge in [0.2, 0.25) is 17.7 Å². The van der Waals surface area contributed by atoms with Crippen molar-refractivity contribution in [3.05, 3.63) is 34.2 Å². The van der Waals surface area contributed by atoms with Crippen molar-refractivity contribution in [1.82, 2.24) is 19.8 Å². The summed E-state index contributed by atoms with van der Waals surface area (Å²) in [5.41, 5.74) is 0.265. The zero-order valence-electron chi connectivity index (χ0n) is 15.4. The lowest BCUT2D eigenvalue weighted by atomic mass is 9.93. The third-order valence-corrected chi connectivity index (χ3v) is 5.90. The molecule has 0 aliphatic carbocycles. The monoisotopic (exact) mass is 419 g/mol. The molecule has 1 aromatic carbocycles. The van der Waals surface area contributed by atoms with Crippen molar-refractivity contribution in [3.8, 4) is 11.5 Å². The van der Waals surface area contributed by atoms with Gasteiger partial charge in [-0.3, -0.25) is 9.59 Å². The van der Waals surface area contributed by atoms with E-state index in [4.69, 9.17) is 9.47 Å². The number of nitrogens with zero attached hydrogens (tertiary/aromatic N) is 4. The Bertz CT molecular complexity index is 1120. The van der Waals surface area contributed by atoms with Gasteiger partial charge >= 0.3 is 0 Å². The Morgan fingerprint density at radius 2 is 2.07 bits per heavy atom. The molecule has 3 heterocycles. The van der Waals surface area contributed by atoms with Gasteiger partial charge in [0.25, 0.3) is 5.56 Å². The molecule has 9 nitrogen and oxygen atoms in total. The van der Waals surface area contributed by atoms with Gasteiger partial charge in [-0.15, -0.1) is 15.3 Å². The van der Waals surface area contributed by atoms with Gasteiger partial charge in [-0.05, 0) is 12.1 Å². The average Bonchev–Trinajstić information content (AvgIpc) is 3.25. The van der Waals surface area contributed by atoms with Crippen molar-refractivity contribution in [1.29, 1.82) is 0 Å². The van der Waals surface area contributed by atoms with Gasteiger partial charge in [0.15, 0.2) is 15.8 Å². The third kappa shape index (κ3) is 3.67. The quantitative estimate of drug-likeness (QED) is 0.642. The van der Waals surface area contributed by atoms with Crippen LogP contribution in [0, 0.1) is 0 Å². The smallest absolute Gasteiger partial charge is 0.297 e. The minimum atomic E-state index is -0.424. The number of anilines is 1. The highest BCUT2D eigenvalue weighted by molar-refractivity contribution is 8.01. The number of fused-ring (bicyclic) bond motifs is 2. The van der Waals surface area contributed by atoms with Crippen LogP contribution in [-0.4, -0.2) is 38.3 Å². The average molecular weight is 419 g/mol. The molecule has 0 saturated carbocycles. The maximum atomic E-state index is 12.6. The van der Waals surface area contributed by atoms with Gasteiger partial charge in [0.1, 0.15) is 5.69 Å². The number of carbonyl (C=O) groups is 1. The standard InChI is InChI=1S/C17H17N5O4S2/c1-17(2,3)13-14(24)22-15(20-19-13)28-16(21-22)27-7-12(23)18-9-4-5-10-11(6-9)26-8-25-10/h4-6H,7-8H2,1-3H3,(H,18,23). The first kappa shape index (κ1) is 18.7. The van der Waals surface area contributed by atoms with Gasteiger partial charge in [-0.1, -0.05) is 43.9 Å². The number of carbonyl (C=O) groups excluding carboxylic acids is 1. The SMILES string of the molecule is CC(C)(C)c1nnc2sc(SCC(=O)Nc3ccc4c(c3)OCO4)nn2c1=O. The maximum absolute atomic E-state index is 12.6. The molecular weight excluding hydrogens is 402 g/mol. The molecule has 0 radical (unpaired) electrons. The molecule has 1 aliphatic rings. The topological polar surface area (TPSA) is 108 Å². The van der Waals surface area contributed by atoms with Gasteiger partial charge in [0.05, 0.1) is 5.75 Å². The lowest BCUT2D eigenvalue weighted by Crippen LogP contribution is -2.30. The second-order valence-electron chi connectivity index (χ2n) is 7.07. The van der Waals surface area contributed by atoms with Crippen LogP contribution in [0.3, 0.4) is 0 Å². The molecule has 0 spiro atoms. The lowest BCUT2D eigenvalue weighted by Gasteiger charge is -2.14. The lowest BCUT2D eigenvalue weighted by molar-refractivity contribution is -0.113. The summed E-state index contributed by atoms with van der Waals surface area (Å²) < 4.78 is 12.4. The number of amides is 1. The highest BCUT2D eigenvalue weighted by Crippen LogP contribution is 2.34.